The van der Waals surface area contributed by atoms with Crippen LogP contribution in [0.1, 0.15) is 51.9 Å². The second-order valence-electron chi connectivity index (χ2n) is 6.34. The van der Waals surface area contributed by atoms with Crippen LogP contribution < -0.4 is 0 Å². The molecule has 1 aromatic rings. The van der Waals surface area contributed by atoms with Crippen LogP contribution >= 0.6 is 0 Å². The SMILES string of the molecule is CC(C)[Si](C#CC(=O)c1ccccc1)(C(C)C)C(C)C. The Labute approximate surface area is 124 Å². The Bertz CT molecular complexity index is 481. The first-order valence-corrected chi connectivity index (χ1v) is 9.68. The monoisotopic (exact) mass is 286 g/mol. The third kappa shape index (κ3) is 3.40. The smallest absolute Gasteiger partial charge is 0.235 e. The molecule has 0 atom stereocenters. The van der Waals surface area contributed by atoms with Gasteiger partial charge in [0.05, 0.1) is 0 Å². The Morgan fingerprint density at radius 1 is 0.900 bits per heavy atom. The molecule has 0 spiro atoms. The summed E-state index contributed by atoms with van der Waals surface area (Å²) in [6, 6.07) is 9.35. The van der Waals surface area contributed by atoms with E-state index in [0.717, 1.165) is 0 Å². The quantitative estimate of drug-likeness (QED) is 0.428. The van der Waals surface area contributed by atoms with Crippen LogP contribution in [0.4, 0.5) is 0 Å². The predicted molar refractivity (Wildman–Crippen MR) is 89.6 cm³/mol. The maximum absolute atomic E-state index is 12.2. The van der Waals surface area contributed by atoms with Gasteiger partial charge < -0.3 is 0 Å². The first kappa shape index (κ1) is 16.7. The Morgan fingerprint density at radius 2 is 1.35 bits per heavy atom. The van der Waals surface area contributed by atoms with Gasteiger partial charge in [-0.2, -0.15) is 0 Å². The summed E-state index contributed by atoms with van der Waals surface area (Å²) < 4.78 is 0. The lowest BCUT2D eigenvalue weighted by atomic mass is 10.1. The molecule has 0 heterocycles. The molecule has 0 aliphatic rings. The van der Waals surface area contributed by atoms with Crippen LogP contribution in [-0.2, 0) is 0 Å². The van der Waals surface area contributed by atoms with Gasteiger partial charge >= 0.3 is 0 Å². The molecule has 1 nitrogen and oxygen atoms in total. The molecule has 0 N–H and O–H groups in total. The number of benzene rings is 1. The number of carbonyl (C=O) groups excluding carboxylic acids is 1. The van der Waals surface area contributed by atoms with E-state index in [2.05, 4.69) is 53.0 Å². The van der Waals surface area contributed by atoms with Gasteiger partial charge in [0.1, 0.15) is 8.07 Å². The van der Waals surface area contributed by atoms with Gasteiger partial charge in [-0.05, 0) is 22.5 Å². The van der Waals surface area contributed by atoms with Crippen molar-refractivity contribution in [2.24, 2.45) is 0 Å². The Hall–Kier alpha value is -1.33. The second kappa shape index (κ2) is 6.90. The topological polar surface area (TPSA) is 17.1 Å². The Kier molecular flexibility index (Phi) is 5.77. The van der Waals surface area contributed by atoms with Gasteiger partial charge in [0.15, 0.2) is 0 Å². The molecule has 0 aliphatic heterocycles. The summed E-state index contributed by atoms with van der Waals surface area (Å²) in [7, 11) is -1.81. The molecular formula is C18H26OSi. The number of rotatable bonds is 4. The van der Waals surface area contributed by atoms with Crippen molar-refractivity contribution < 1.29 is 4.79 Å². The van der Waals surface area contributed by atoms with Crippen LogP contribution in [0.15, 0.2) is 30.3 Å². The summed E-state index contributed by atoms with van der Waals surface area (Å²) in [4.78, 5) is 12.2. The third-order valence-corrected chi connectivity index (χ3v) is 10.6. The molecular weight excluding hydrogens is 260 g/mol. The van der Waals surface area contributed by atoms with E-state index in [1.54, 1.807) is 0 Å². The van der Waals surface area contributed by atoms with E-state index in [1.165, 1.54) is 0 Å². The zero-order valence-electron chi connectivity index (χ0n) is 13.5. The lowest BCUT2D eigenvalue weighted by Gasteiger charge is -2.37. The lowest BCUT2D eigenvalue weighted by Crippen LogP contribution is -2.43. The van der Waals surface area contributed by atoms with Crippen molar-refractivity contribution in [3.05, 3.63) is 35.9 Å². The maximum atomic E-state index is 12.2. The maximum Gasteiger partial charge on any atom is 0.235 e. The van der Waals surface area contributed by atoms with E-state index >= 15 is 0 Å². The molecule has 0 bridgehead atoms. The molecule has 1 rings (SSSR count). The molecule has 0 radical (unpaired) electrons. The highest BCUT2D eigenvalue weighted by molar-refractivity contribution is 6.90. The minimum Gasteiger partial charge on any atom is -0.279 e. The molecule has 0 fully saturated rings. The molecule has 0 aliphatic carbocycles. The summed E-state index contributed by atoms with van der Waals surface area (Å²) >= 11 is 0. The number of ketones is 1. The van der Waals surface area contributed by atoms with Crippen LogP contribution in [-0.4, -0.2) is 13.9 Å². The predicted octanol–water partition coefficient (Wildman–Crippen LogP) is 5.09. The zero-order chi connectivity index (χ0) is 15.3. The minimum absolute atomic E-state index is 0.0515. The highest BCUT2D eigenvalue weighted by Gasteiger charge is 2.41. The number of hydrogen-bond acceptors (Lipinski definition) is 1. The van der Waals surface area contributed by atoms with Crippen molar-refractivity contribution in [1.82, 2.24) is 0 Å². The fraction of sp³-hybridized carbons (Fsp3) is 0.500. The highest BCUT2D eigenvalue weighted by Crippen LogP contribution is 2.40. The standard InChI is InChI=1S/C18H26OSi/c1-14(2)20(15(3)4,16(5)6)13-12-18(19)17-10-8-7-9-11-17/h7-11,14-16H,1-6H3. The van der Waals surface area contributed by atoms with Gasteiger partial charge in [-0.3, -0.25) is 4.79 Å². The molecule has 0 aromatic heterocycles. The van der Waals surface area contributed by atoms with Gasteiger partial charge in [0.25, 0.3) is 0 Å². The fourth-order valence-corrected chi connectivity index (χ4v) is 8.46. The van der Waals surface area contributed by atoms with E-state index < -0.39 is 8.07 Å². The summed E-state index contributed by atoms with van der Waals surface area (Å²) in [6.45, 7) is 13.5. The van der Waals surface area contributed by atoms with Crippen molar-refractivity contribution >= 4 is 13.9 Å². The minimum atomic E-state index is -1.81. The Balaban J connectivity index is 3.15. The van der Waals surface area contributed by atoms with E-state index in [4.69, 9.17) is 0 Å². The summed E-state index contributed by atoms with van der Waals surface area (Å²) in [6.07, 6.45) is 0. The Morgan fingerprint density at radius 3 is 1.75 bits per heavy atom. The van der Waals surface area contributed by atoms with E-state index in [1.807, 2.05) is 30.3 Å². The average Bonchev–Trinajstić information content (AvgIpc) is 2.38. The van der Waals surface area contributed by atoms with Gasteiger partial charge in [0.2, 0.25) is 5.78 Å². The van der Waals surface area contributed by atoms with Crippen molar-refractivity contribution in [2.45, 2.75) is 58.2 Å². The summed E-state index contributed by atoms with van der Waals surface area (Å²) in [5.41, 5.74) is 5.83. The van der Waals surface area contributed by atoms with E-state index in [9.17, 15) is 4.79 Å². The fourth-order valence-electron chi connectivity index (χ4n) is 3.26. The number of carbonyl (C=O) groups is 1. The van der Waals surface area contributed by atoms with Crippen molar-refractivity contribution in [3.63, 3.8) is 0 Å². The third-order valence-electron chi connectivity index (χ3n) is 4.29. The molecule has 0 unspecified atom stereocenters. The van der Waals surface area contributed by atoms with Crippen LogP contribution in [0.5, 0.6) is 0 Å². The molecule has 0 saturated heterocycles. The van der Waals surface area contributed by atoms with Crippen molar-refractivity contribution in [3.8, 4) is 11.5 Å². The normalized spacial score (nSPS) is 11.7. The molecule has 0 saturated carbocycles. The van der Waals surface area contributed by atoms with Crippen molar-refractivity contribution in [2.75, 3.05) is 0 Å². The van der Waals surface area contributed by atoms with Gasteiger partial charge in [-0.1, -0.05) is 71.9 Å². The lowest BCUT2D eigenvalue weighted by molar-refractivity contribution is 0.105. The molecule has 20 heavy (non-hydrogen) atoms. The first-order chi connectivity index (χ1) is 9.32. The summed E-state index contributed by atoms with van der Waals surface area (Å²) in [5, 5.41) is 0. The van der Waals surface area contributed by atoms with Crippen LogP contribution in [0, 0.1) is 11.5 Å². The molecule has 0 amide bonds. The van der Waals surface area contributed by atoms with Crippen LogP contribution in [0.2, 0.25) is 16.6 Å². The largest absolute Gasteiger partial charge is 0.279 e. The number of Topliss-reactive ketones (excluding diaryl/α,β-unsaturated/α-hetero) is 1. The average molecular weight is 286 g/mol. The van der Waals surface area contributed by atoms with Gasteiger partial charge in [-0.15, -0.1) is 5.54 Å². The number of hydrogen-bond donors (Lipinski definition) is 0. The van der Waals surface area contributed by atoms with Crippen molar-refractivity contribution in [1.29, 1.82) is 0 Å². The second-order valence-corrected chi connectivity index (χ2v) is 11.9. The van der Waals surface area contributed by atoms with Crippen LogP contribution in [0.3, 0.4) is 0 Å². The summed E-state index contributed by atoms with van der Waals surface area (Å²) in [5.74, 6) is 2.91. The molecule has 1 aromatic carbocycles. The van der Waals surface area contributed by atoms with E-state index in [-0.39, 0.29) is 5.78 Å². The van der Waals surface area contributed by atoms with Crippen LogP contribution in [0.25, 0.3) is 0 Å². The zero-order valence-corrected chi connectivity index (χ0v) is 14.5. The van der Waals surface area contributed by atoms with Gasteiger partial charge in [-0.25, -0.2) is 0 Å². The highest BCUT2D eigenvalue weighted by atomic mass is 28.3. The van der Waals surface area contributed by atoms with E-state index in [0.29, 0.717) is 22.2 Å². The van der Waals surface area contributed by atoms with Gasteiger partial charge in [0, 0.05) is 5.56 Å². The molecule has 2 heteroatoms. The molecule has 108 valence electrons. The first-order valence-electron chi connectivity index (χ1n) is 7.44.